The van der Waals surface area contributed by atoms with Crippen LogP contribution in [0.15, 0.2) is 35.2 Å². The highest BCUT2D eigenvalue weighted by molar-refractivity contribution is 7.89. The maximum atomic E-state index is 12.0. The van der Waals surface area contributed by atoms with Crippen LogP contribution < -0.4 is 9.46 Å². The Morgan fingerprint density at radius 2 is 2.15 bits per heavy atom. The topological polar surface area (TPSA) is 92.7 Å². The largest absolute Gasteiger partial charge is 0.496 e. The van der Waals surface area contributed by atoms with Gasteiger partial charge in [0.15, 0.2) is 0 Å². The number of carbonyl (C=O) groups is 1. The van der Waals surface area contributed by atoms with E-state index in [0.29, 0.717) is 6.42 Å². The highest BCUT2D eigenvalue weighted by Crippen LogP contribution is 2.22. The number of sulfonamides is 1. The summed E-state index contributed by atoms with van der Waals surface area (Å²) in [4.78, 5) is 11.0. The van der Waals surface area contributed by atoms with Crippen LogP contribution in [-0.4, -0.2) is 33.1 Å². The minimum absolute atomic E-state index is 0.101. The second-order valence-electron chi connectivity index (χ2n) is 3.92. The van der Waals surface area contributed by atoms with Crippen molar-refractivity contribution >= 4 is 16.0 Å². The molecule has 1 aromatic carbocycles. The Balaban J connectivity index is 3.01. The van der Waals surface area contributed by atoms with Gasteiger partial charge in [-0.15, -0.1) is 0 Å². The van der Waals surface area contributed by atoms with E-state index in [2.05, 4.69) is 4.72 Å². The normalized spacial score (nSPS) is 11.7. The molecule has 1 rings (SSSR count). The number of rotatable bonds is 7. The summed E-state index contributed by atoms with van der Waals surface area (Å²) in [5, 5.41) is 9.03. The molecule has 0 radical (unpaired) electrons. The van der Waals surface area contributed by atoms with E-state index in [1.165, 1.54) is 19.2 Å². The van der Waals surface area contributed by atoms with Crippen LogP contribution in [0.25, 0.3) is 0 Å². The van der Waals surface area contributed by atoms with Crippen LogP contribution in [0.5, 0.6) is 5.75 Å². The van der Waals surface area contributed by atoms with Gasteiger partial charge in [-0.3, -0.25) is 0 Å². The molecule has 6 nitrogen and oxygen atoms in total. The first kappa shape index (κ1) is 16.2. The molecule has 0 amide bonds. The Morgan fingerprint density at radius 3 is 2.70 bits per heavy atom. The molecule has 0 aliphatic rings. The first-order valence-corrected chi connectivity index (χ1v) is 7.43. The van der Waals surface area contributed by atoms with Crippen molar-refractivity contribution in [1.82, 2.24) is 4.72 Å². The van der Waals surface area contributed by atoms with Gasteiger partial charge in [0.25, 0.3) is 0 Å². The number of ether oxygens (including phenoxy) is 1. The summed E-state index contributed by atoms with van der Waals surface area (Å²) in [6.07, 6.45) is 4.22. The smallest absolute Gasteiger partial charge is 0.339 e. The predicted octanol–water partition coefficient (Wildman–Crippen LogP) is 1.64. The van der Waals surface area contributed by atoms with Crippen LogP contribution in [0.2, 0.25) is 0 Å². The van der Waals surface area contributed by atoms with E-state index in [1.807, 2.05) is 19.1 Å². The lowest BCUT2D eigenvalue weighted by Gasteiger charge is -2.09. The second-order valence-corrected chi connectivity index (χ2v) is 5.69. The molecule has 0 spiro atoms. The van der Waals surface area contributed by atoms with Crippen molar-refractivity contribution in [2.24, 2.45) is 0 Å². The number of aromatic carboxylic acids is 1. The van der Waals surface area contributed by atoms with Gasteiger partial charge in [-0.1, -0.05) is 12.2 Å². The first-order chi connectivity index (χ1) is 9.42. The van der Waals surface area contributed by atoms with Gasteiger partial charge < -0.3 is 9.84 Å². The molecule has 110 valence electrons. The monoisotopic (exact) mass is 299 g/mol. The van der Waals surface area contributed by atoms with Gasteiger partial charge in [-0.05, 0) is 31.5 Å². The van der Waals surface area contributed by atoms with Crippen molar-refractivity contribution in [2.45, 2.75) is 18.2 Å². The zero-order valence-corrected chi connectivity index (χ0v) is 12.1. The third-order valence-electron chi connectivity index (χ3n) is 2.55. The average molecular weight is 299 g/mol. The quantitative estimate of drug-likeness (QED) is 0.590. The lowest BCUT2D eigenvalue weighted by atomic mass is 10.2. The molecule has 7 heteroatoms. The van der Waals surface area contributed by atoms with Crippen molar-refractivity contribution < 1.29 is 23.1 Å². The molecular weight excluding hydrogens is 282 g/mol. The van der Waals surface area contributed by atoms with Gasteiger partial charge in [0.1, 0.15) is 11.3 Å². The Labute approximate surface area is 118 Å². The van der Waals surface area contributed by atoms with Gasteiger partial charge in [0.2, 0.25) is 10.0 Å². The number of carboxylic acid groups (broad SMARTS) is 1. The van der Waals surface area contributed by atoms with Crippen LogP contribution in [0.4, 0.5) is 0 Å². The molecule has 1 aromatic rings. The fraction of sp³-hybridized carbons (Fsp3) is 0.308. The standard InChI is InChI=1S/C13H17NO5S/c1-3-4-5-8-14-20(17,18)10-6-7-12(19-2)11(9-10)13(15)16/h3-4,6-7,9,14H,5,8H2,1-2H3,(H,15,16)/b4-3+. The van der Waals surface area contributed by atoms with Gasteiger partial charge >= 0.3 is 5.97 Å². The molecule has 0 heterocycles. The molecular formula is C13H17NO5S. The summed E-state index contributed by atoms with van der Waals surface area (Å²) >= 11 is 0. The van der Waals surface area contributed by atoms with Gasteiger partial charge in [0.05, 0.1) is 12.0 Å². The van der Waals surface area contributed by atoms with Crippen molar-refractivity contribution in [3.8, 4) is 5.75 Å². The van der Waals surface area contributed by atoms with Crippen LogP contribution >= 0.6 is 0 Å². The molecule has 2 N–H and O–H groups in total. The maximum absolute atomic E-state index is 12.0. The summed E-state index contributed by atoms with van der Waals surface area (Å²) < 4.78 is 31.3. The molecule has 0 fully saturated rings. The molecule has 0 aliphatic carbocycles. The Bertz CT molecular complexity index is 607. The van der Waals surface area contributed by atoms with Gasteiger partial charge in [-0.25, -0.2) is 17.9 Å². The lowest BCUT2D eigenvalue weighted by molar-refractivity contribution is 0.0693. The molecule has 0 saturated carbocycles. The lowest BCUT2D eigenvalue weighted by Crippen LogP contribution is -2.24. The van der Waals surface area contributed by atoms with E-state index in [0.717, 1.165) is 6.07 Å². The summed E-state index contributed by atoms with van der Waals surface area (Å²) in [6, 6.07) is 3.71. The Morgan fingerprint density at radius 1 is 1.45 bits per heavy atom. The number of benzene rings is 1. The SMILES string of the molecule is C/C=C/CCNS(=O)(=O)c1ccc(OC)c(C(=O)O)c1. The maximum Gasteiger partial charge on any atom is 0.339 e. The van der Waals surface area contributed by atoms with Gasteiger partial charge in [-0.2, -0.15) is 0 Å². The number of allylic oxidation sites excluding steroid dienone is 1. The number of methoxy groups -OCH3 is 1. The van der Waals surface area contributed by atoms with E-state index in [4.69, 9.17) is 9.84 Å². The molecule has 0 aliphatic heterocycles. The first-order valence-electron chi connectivity index (χ1n) is 5.94. The van der Waals surface area contributed by atoms with Crippen molar-refractivity contribution in [3.05, 3.63) is 35.9 Å². The zero-order chi connectivity index (χ0) is 15.2. The minimum atomic E-state index is -3.72. The Kier molecular flexibility index (Phi) is 5.72. The van der Waals surface area contributed by atoms with E-state index in [1.54, 1.807) is 0 Å². The number of nitrogens with one attached hydrogen (secondary N) is 1. The van der Waals surface area contributed by atoms with Crippen LogP contribution in [0.1, 0.15) is 23.7 Å². The highest BCUT2D eigenvalue weighted by atomic mass is 32.2. The van der Waals surface area contributed by atoms with Crippen LogP contribution in [0, 0.1) is 0 Å². The average Bonchev–Trinajstić information content (AvgIpc) is 2.42. The van der Waals surface area contributed by atoms with Gasteiger partial charge in [0, 0.05) is 6.54 Å². The minimum Gasteiger partial charge on any atom is -0.496 e. The number of hydrogen-bond acceptors (Lipinski definition) is 4. The van der Waals surface area contributed by atoms with Crippen molar-refractivity contribution in [1.29, 1.82) is 0 Å². The third kappa shape index (κ3) is 4.07. The molecule has 0 bridgehead atoms. The molecule has 0 aromatic heterocycles. The van der Waals surface area contributed by atoms with Crippen LogP contribution in [0.3, 0.4) is 0 Å². The summed E-state index contributed by atoms with van der Waals surface area (Å²) in [7, 11) is -2.40. The molecule has 0 saturated heterocycles. The van der Waals surface area contributed by atoms with E-state index in [-0.39, 0.29) is 22.8 Å². The summed E-state index contributed by atoms with van der Waals surface area (Å²) in [6.45, 7) is 2.10. The molecule has 0 unspecified atom stereocenters. The number of carboxylic acids is 1. The van der Waals surface area contributed by atoms with Crippen molar-refractivity contribution in [2.75, 3.05) is 13.7 Å². The van der Waals surface area contributed by atoms with Crippen LogP contribution in [-0.2, 0) is 10.0 Å². The summed E-state index contributed by atoms with van der Waals surface area (Å²) in [5.74, 6) is -1.13. The highest BCUT2D eigenvalue weighted by Gasteiger charge is 2.18. The fourth-order valence-electron chi connectivity index (χ4n) is 1.55. The number of hydrogen-bond donors (Lipinski definition) is 2. The fourth-order valence-corrected chi connectivity index (χ4v) is 2.62. The van der Waals surface area contributed by atoms with E-state index in [9.17, 15) is 13.2 Å². The second kappa shape index (κ2) is 7.06. The molecule has 0 atom stereocenters. The zero-order valence-electron chi connectivity index (χ0n) is 11.3. The van der Waals surface area contributed by atoms with Crippen molar-refractivity contribution in [3.63, 3.8) is 0 Å². The molecule has 20 heavy (non-hydrogen) atoms. The Hall–Kier alpha value is -1.86. The van der Waals surface area contributed by atoms with E-state index >= 15 is 0 Å². The van der Waals surface area contributed by atoms with E-state index < -0.39 is 16.0 Å². The predicted molar refractivity (Wildman–Crippen MR) is 74.6 cm³/mol. The third-order valence-corrected chi connectivity index (χ3v) is 4.01. The summed E-state index contributed by atoms with van der Waals surface area (Å²) in [5.41, 5.74) is -0.191.